The zero-order valence-electron chi connectivity index (χ0n) is 13.8. The van der Waals surface area contributed by atoms with E-state index < -0.39 is 12.0 Å². The molecule has 0 fully saturated rings. The van der Waals surface area contributed by atoms with Crippen LogP contribution in [0.15, 0.2) is 48.4 Å². The molecule has 84 valence electrons. The zero-order chi connectivity index (χ0) is 16.2. The Morgan fingerprint density at radius 1 is 1.24 bits per heavy atom. The number of fused-ring (bicyclic) bond motifs is 1. The number of ketones is 1. The van der Waals surface area contributed by atoms with Crippen molar-refractivity contribution >= 4 is 17.4 Å². The largest absolute Gasteiger partial charge is 0.294 e. The van der Waals surface area contributed by atoms with Gasteiger partial charge in [0.2, 0.25) is 0 Å². The Bertz CT molecular complexity index is 789. The third kappa shape index (κ3) is 1.77. The minimum Gasteiger partial charge on any atom is -0.294 e. The van der Waals surface area contributed by atoms with E-state index in [4.69, 9.17) is 18.5 Å². The van der Waals surface area contributed by atoms with Gasteiger partial charge < -0.3 is 0 Å². The molecule has 2 heteroatoms. The Hall–Kier alpha value is -1.60. The molecule has 0 bridgehead atoms. The SMILES string of the molecule is [2H]c1c([2H])c([2H])c([C@H]2CC(=O)c3cc(Cl)ccc32)c([2H])c1[2H]. The van der Waals surface area contributed by atoms with E-state index in [0.29, 0.717) is 16.1 Å². The molecule has 17 heavy (non-hydrogen) atoms. The Morgan fingerprint density at radius 3 is 2.76 bits per heavy atom. The van der Waals surface area contributed by atoms with E-state index in [1.54, 1.807) is 18.2 Å². The van der Waals surface area contributed by atoms with Gasteiger partial charge in [0.1, 0.15) is 0 Å². The van der Waals surface area contributed by atoms with E-state index in [9.17, 15) is 4.79 Å². The van der Waals surface area contributed by atoms with Crippen LogP contribution in [0.5, 0.6) is 0 Å². The van der Waals surface area contributed by atoms with E-state index in [2.05, 4.69) is 0 Å². The predicted molar refractivity (Wildman–Crippen MR) is 68.7 cm³/mol. The maximum Gasteiger partial charge on any atom is 0.164 e. The highest BCUT2D eigenvalue weighted by molar-refractivity contribution is 6.31. The molecular formula is C15H11ClO. The number of carbonyl (C=O) groups is 1. The van der Waals surface area contributed by atoms with Gasteiger partial charge in [-0.05, 0) is 23.3 Å². The van der Waals surface area contributed by atoms with E-state index in [1.807, 2.05) is 0 Å². The predicted octanol–water partition coefficient (Wildman–Crippen LogP) is 4.06. The average Bonchev–Trinajstić information content (AvgIpc) is 2.80. The Morgan fingerprint density at radius 2 is 2.00 bits per heavy atom. The summed E-state index contributed by atoms with van der Waals surface area (Å²) in [5, 5.41) is 0.439. The van der Waals surface area contributed by atoms with Crippen LogP contribution in [0.3, 0.4) is 0 Å². The van der Waals surface area contributed by atoms with Gasteiger partial charge in [0.15, 0.2) is 5.78 Å². The molecule has 0 aliphatic heterocycles. The fraction of sp³-hybridized carbons (Fsp3) is 0.133. The Labute approximate surface area is 112 Å². The molecule has 0 amide bonds. The van der Waals surface area contributed by atoms with Crippen molar-refractivity contribution in [3.63, 3.8) is 0 Å². The monoisotopic (exact) mass is 247 g/mol. The van der Waals surface area contributed by atoms with E-state index in [0.717, 1.165) is 0 Å². The molecule has 1 nitrogen and oxygen atoms in total. The van der Waals surface area contributed by atoms with Crippen molar-refractivity contribution in [1.29, 1.82) is 0 Å². The average molecular weight is 248 g/mol. The number of rotatable bonds is 1. The number of hydrogen-bond acceptors (Lipinski definition) is 1. The van der Waals surface area contributed by atoms with Crippen LogP contribution >= 0.6 is 11.6 Å². The summed E-state index contributed by atoms with van der Waals surface area (Å²) in [4.78, 5) is 12.1. The number of hydrogen-bond donors (Lipinski definition) is 0. The molecule has 0 saturated heterocycles. The lowest BCUT2D eigenvalue weighted by molar-refractivity contribution is 0.0991. The molecule has 1 aliphatic carbocycles. The topological polar surface area (TPSA) is 17.1 Å². The summed E-state index contributed by atoms with van der Waals surface area (Å²) >= 11 is 5.91. The third-order valence-corrected chi connectivity index (χ3v) is 3.18. The minimum absolute atomic E-state index is 0.0870. The molecule has 3 rings (SSSR count). The van der Waals surface area contributed by atoms with Crippen LogP contribution in [-0.4, -0.2) is 5.78 Å². The van der Waals surface area contributed by atoms with Gasteiger partial charge in [-0.3, -0.25) is 4.79 Å². The fourth-order valence-electron chi connectivity index (χ4n) is 2.17. The smallest absolute Gasteiger partial charge is 0.164 e. The van der Waals surface area contributed by atoms with E-state index in [1.165, 1.54) is 0 Å². The van der Waals surface area contributed by atoms with Crippen molar-refractivity contribution in [2.75, 3.05) is 0 Å². The second-order valence-corrected chi connectivity index (χ2v) is 4.39. The molecule has 0 radical (unpaired) electrons. The van der Waals surface area contributed by atoms with E-state index >= 15 is 0 Å². The van der Waals surface area contributed by atoms with Crippen LogP contribution in [-0.2, 0) is 0 Å². The zero-order valence-corrected chi connectivity index (χ0v) is 9.56. The maximum atomic E-state index is 12.1. The molecular weight excluding hydrogens is 232 g/mol. The van der Waals surface area contributed by atoms with Crippen molar-refractivity contribution in [1.82, 2.24) is 0 Å². The summed E-state index contributed by atoms with van der Waals surface area (Å²) in [6.45, 7) is 0. The van der Waals surface area contributed by atoms with Crippen LogP contribution in [0.25, 0.3) is 0 Å². The molecule has 0 saturated carbocycles. The first-order valence-electron chi connectivity index (χ1n) is 7.72. The summed E-state index contributed by atoms with van der Waals surface area (Å²) in [6, 6.07) is 3.18. The molecule has 0 unspecified atom stereocenters. The van der Waals surface area contributed by atoms with Crippen molar-refractivity contribution in [2.45, 2.75) is 12.3 Å². The summed E-state index contributed by atoms with van der Waals surface area (Å²) < 4.78 is 39.2. The lowest BCUT2D eigenvalue weighted by Gasteiger charge is -2.10. The minimum atomic E-state index is -0.534. The third-order valence-electron chi connectivity index (χ3n) is 2.95. The molecule has 0 aromatic heterocycles. The van der Waals surface area contributed by atoms with Crippen molar-refractivity contribution < 1.29 is 11.6 Å². The first-order valence-corrected chi connectivity index (χ1v) is 5.60. The molecule has 0 spiro atoms. The van der Waals surface area contributed by atoms with Crippen LogP contribution in [0, 0.1) is 0 Å². The Kier molecular flexibility index (Phi) is 1.50. The summed E-state index contributed by atoms with van der Waals surface area (Å²) in [5.41, 5.74) is 1.29. The Balaban J connectivity index is 2.26. The second kappa shape index (κ2) is 4.01. The molecule has 2 aromatic carbocycles. The number of halogens is 1. The highest BCUT2D eigenvalue weighted by atomic mass is 35.5. The summed E-state index contributed by atoms with van der Waals surface area (Å²) in [5.74, 6) is -0.664. The standard InChI is InChI=1S/C15H11ClO/c16-11-6-7-12-13(9-15(17)14(12)8-11)10-4-2-1-3-5-10/h1-8,13H,9H2/t13-/m1/s1/i1D,2D,3D,4D,5D. The molecule has 0 heterocycles. The van der Waals surface area contributed by atoms with Gasteiger partial charge in [0, 0.05) is 22.9 Å². The normalized spacial score (nSPS) is 22.3. The molecule has 0 N–H and O–H groups in total. The van der Waals surface area contributed by atoms with E-state index in [-0.39, 0.29) is 41.9 Å². The summed E-state index contributed by atoms with van der Waals surface area (Å²) in [7, 11) is 0. The van der Waals surface area contributed by atoms with Crippen LogP contribution in [0.4, 0.5) is 0 Å². The van der Waals surface area contributed by atoms with Gasteiger partial charge in [0.25, 0.3) is 0 Å². The van der Waals surface area contributed by atoms with Gasteiger partial charge in [-0.25, -0.2) is 0 Å². The number of carbonyl (C=O) groups excluding carboxylic acids is 1. The van der Waals surface area contributed by atoms with Crippen LogP contribution < -0.4 is 0 Å². The first-order chi connectivity index (χ1) is 10.3. The maximum absolute atomic E-state index is 12.1. The van der Waals surface area contributed by atoms with Gasteiger partial charge >= 0.3 is 0 Å². The number of Topliss-reactive ketones (excluding diaryl/α,β-unsaturated/α-hetero) is 1. The first kappa shape index (κ1) is 6.36. The van der Waals surface area contributed by atoms with Crippen LogP contribution in [0.1, 0.15) is 40.7 Å². The summed E-state index contributed by atoms with van der Waals surface area (Å²) in [6.07, 6.45) is 0.0870. The molecule has 1 atom stereocenters. The van der Waals surface area contributed by atoms with Gasteiger partial charge in [-0.15, -0.1) is 0 Å². The van der Waals surface area contributed by atoms with Gasteiger partial charge in [-0.1, -0.05) is 47.9 Å². The molecule has 2 aromatic rings. The lowest BCUT2D eigenvalue weighted by Crippen LogP contribution is -1.95. The highest BCUT2D eigenvalue weighted by Gasteiger charge is 2.30. The fourth-order valence-corrected chi connectivity index (χ4v) is 2.34. The quantitative estimate of drug-likeness (QED) is 0.743. The van der Waals surface area contributed by atoms with Gasteiger partial charge in [0.05, 0.1) is 6.85 Å². The molecule has 1 aliphatic rings. The van der Waals surface area contributed by atoms with Crippen molar-refractivity contribution in [3.8, 4) is 0 Å². The lowest BCUT2D eigenvalue weighted by atomic mass is 9.93. The van der Waals surface area contributed by atoms with Crippen molar-refractivity contribution in [2.24, 2.45) is 0 Å². The van der Waals surface area contributed by atoms with Crippen LogP contribution in [0.2, 0.25) is 5.02 Å². The number of benzene rings is 2. The van der Waals surface area contributed by atoms with Crippen molar-refractivity contribution in [3.05, 3.63) is 70.1 Å². The van der Waals surface area contributed by atoms with Gasteiger partial charge in [-0.2, -0.15) is 0 Å². The highest BCUT2D eigenvalue weighted by Crippen LogP contribution is 2.38. The second-order valence-electron chi connectivity index (χ2n) is 3.95.